The summed E-state index contributed by atoms with van der Waals surface area (Å²) >= 11 is 1.32. The van der Waals surface area contributed by atoms with Gasteiger partial charge in [-0.2, -0.15) is 0 Å². The molecule has 1 rings (SSSR count). The Bertz CT molecular complexity index is 418. The van der Waals surface area contributed by atoms with Gasteiger partial charge in [-0.25, -0.2) is 4.79 Å². The molecule has 1 heterocycles. The Morgan fingerprint density at radius 3 is 2.84 bits per heavy atom. The minimum absolute atomic E-state index is 0.0787. The number of hydrogen-bond donors (Lipinski definition) is 2. The fourth-order valence-corrected chi connectivity index (χ4v) is 2.36. The topological polar surface area (TPSA) is 81.4 Å². The number of anilines is 1. The monoisotopic (exact) mass is 284 g/mol. The lowest BCUT2D eigenvalue weighted by Gasteiger charge is -2.06. The van der Waals surface area contributed by atoms with E-state index in [0.29, 0.717) is 30.1 Å². The van der Waals surface area contributed by atoms with Crippen LogP contribution in [0, 0.1) is 0 Å². The smallest absolute Gasteiger partial charge is 0.341 e. The number of nitrogens with one attached hydrogen (secondary N) is 1. The number of nitrogens with two attached hydrogens (primary N) is 1. The van der Waals surface area contributed by atoms with Crippen LogP contribution in [0.2, 0.25) is 0 Å². The number of carbonyl (C=O) groups is 2. The molecule has 0 fully saturated rings. The molecule has 0 aliphatic carbocycles. The van der Waals surface area contributed by atoms with Crippen LogP contribution >= 0.6 is 11.3 Å². The second kappa shape index (κ2) is 8.66. The predicted octanol–water partition coefficient (Wildman–Crippen LogP) is 2.38. The van der Waals surface area contributed by atoms with Crippen LogP contribution in [0.5, 0.6) is 0 Å². The van der Waals surface area contributed by atoms with Gasteiger partial charge in [-0.05, 0) is 37.8 Å². The van der Waals surface area contributed by atoms with Crippen molar-refractivity contribution in [2.45, 2.75) is 32.6 Å². The highest BCUT2D eigenvalue weighted by Crippen LogP contribution is 2.24. The van der Waals surface area contributed by atoms with Crippen LogP contribution in [0.25, 0.3) is 0 Å². The maximum Gasteiger partial charge on any atom is 0.341 e. The molecule has 1 aromatic heterocycles. The summed E-state index contributed by atoms with van der Waals surface area (Å²) in [6, 6.07) is 1.66. The summed E-state index contributed by atoms with van der Waals surface area (Å²) in [6.07, 6.45) is 3.13. The van der Waals surface area contributed by atoms with Crippen molar-refractivity contribution >= 4 is 28.2 Å². The van der Waals surface area contributed by atoms with E-state index in [1.807, 2.05) is 0 Å². The molecule has 1 amide bonds. The Labute approximate surface area is 117 Å². The Morgan fingerprint density at radius 2 is 2.16 bits per heavy atom. The van der Waals surface area contributed by atoms with E-state index in [4.69, 9.17) is 10.5 Å². The quantitative estimate of drug-likeness (QED) is 0.567. The molecule has 106 valence electrons. The van der Waals surface area contributed by atoms with Crippen molar-refractivity contribution in [1.82, 2.24) is 0 Å². The average Bonchev–Trinajstić information content (AvgIpc) is 2.83. The second-order valence-electron chi connectivity index (χ2n) is 4.03. The van der Waals surface area contributed by atoms with Gasteiger partial charge in [-0.15, -0.1) is 11.3 Å². The van der Waals surface area contributed by atoms with Crippen LogP contribution in [0.4, 0.5) is 5.00 Å². The minimum Gasteiger partial charge on any atom is -0.462 e. The lowest BCUT2D eigenvalue weighted by molar-refractivity contribution is -0.116. The highest BCUT2D eigenvalue weighted by Gasteiger charge is 2.15. The zero-order valence-electron chi connectivity index (χ0n) is 11.1. The molecule has 3 N–H and O–H groups in total. The van der Waals surface area contributed by atoms with Crippen molar-refractivity contribution in [2.24, 2.45) is 5.73 Å². The van der Waals surface area contributed by atoms with E-state index in [-0.39, 0.29) is 5.91 Å². The van der Waals surface area contributed by atoms with Gasteiger partial charge in [-0.3, -0.25) is 4.79 Å². The molecular formula is C13H20N2O3S. The third-order valence-corrected chi connectivity index (χ3v) is 3.35. The third kappa shape index (κ3) is 5.40. The standard InChI is InChI=1S/C13H20N2O3S/c1-2-18-13(17)10-7-9-19-12(10)15-11(16)6-4-3-5-8-14/h7,9H,2-6,8,14H2,1H3,(H,15,16). The molecule has 1 aromatic rings. The molecule has 0 aliphatic heterocycles. The van der Waals surface area contributed by atoms with Crippen LogP contribution in [0.3, 0.4) is 0 Å². The van der Waals surface area contributed by atoms with Crippen molar-refractivity contribution in [1.29, 1.82) is 0 Å². The molecule has 0 aromatic carbocycles. The van der Waals surface area contributed by atoms with E-state index in [2.05, 4.69) is 5.32 Å². The highest BCUT2D eigenvalue weighted by molar-refractivity contribution is 7.14. The number of unbranched alkanes of at least 4 members (excludes halogenated alkanes) is 2. The Hall–Kier alpha value is -1.40. The van der Waals surface area contributed by atoms with E-state index in [1.54, 1.807) is 18.4 Å². The number of esters is 1. The summed E-state index contributed by atoms with van der Waals surface area (Å²) in [5.74, 6) is -0.479. The van der Waals surface area contributed by atoms with Crippen molar-refractivity contribution in [2.75, 3.05) is 18.5 Å². The first-order valence-electron chi connectivity index (χ1n) is 6.43. The first-order chi connectivity index (χ1) is 9.19. The predicted molar refractivity (Wildman–Crippen MR) is 76.4 cm³/mol. The van der Waals surface area contributed by atoms with Crippen LogP contribution < -0.4 is 11.1 Å². The average molecular weight is 284 g/mol. The van der Waals surface area contributed by atoms with Crippen LogP contribution in [0.1, 0.15) is 43.0 Å². The molecule has 0 bridgehead atoms. The van der Waals surface area contributed by atoms with Gasteiger partial charge in [-0.1, -0.05) is 6.42 Å². The van der Waals surface area contributed by atoms with Gasteiger partial charge >= 0.3 is 5.97 Å². The molecule has 0 unspecified atom stereocenters. The summed E-state index contributed by atoms with van der Waals surface area (Å²) in [4.78, 5) is 23.3. The SMILES string of the molecule is CCOC(=O)c1ccsc1NC(=O)CCCCCN. The number of ether oxygens (including phenoxy) is 1. The number of thiophene rings is 1. The number of carbonyl (C=O) groups excluding carboxylic acids is 2. The van der Waals surface area contributed by atoms with Crippen LogP contribution in [0.15, 0.2) is 11.4 Å². The van der Waals surface area contributed by atoms with Crippen LogP contribution in [-0.2, 0) is 9.53 Å². The number of rotatable bonds is 8. The normalized spacial score (nSPS) is 10.2. The lowest BCUT2D eigenvalue weighted by atomic mass is 10.2. The van der Waals surface area contributed by atoms with Crippen molar-refractivity contribution in [3.05, 3.63) is 17.0 Å². The minimum atomic E-state index is -0.401. The lowest BCUT2D eigenvalue weighted by Crippen LogP contribution is -2.13. The summed E-state index contributed by atoms with van der Waals surface area (Å²) in [7, 11) is 0. The summed E-state index contributed by atoms with van der Waals surface area (Å²) in [5, 5.41) is 5.07. The number of amides is 1. The largest absolute Gasteiger partial charge is 0.462 e. The molecule has 6 heteroatoms. The van der Waals surface area contributed by atoms with Gasteiger partial charge in [0.15, 0.2) is 0 Å². The fraction of sp³-hybridized carbons (Fsp3) is 0.538. The zero-order valence-corrected chi connectivity index (χ0v) is 11.9. The van der Waals surface area contributed by atoms with E-state index < -0.39 is 5.97 Å². The molecular weight excluding hydrogens is 264 g/mol. The molecule has 0 aliphatic rings. The van der Waals surface area contributed by atoms with E-state index in [9.17, 15) is 9.59 Å². The Morgan fingerprint density at radius 1 is 1.37 bits per heavy atom. The molecule has 0 spiro atoms. The first kappa shape index (κ1) is 15.7. The van der Waals surface area contributed by atoms with Crippen LogP contribution in [-0.4, -0.2) is 25.0 Å². The fourth-order valence-electron chi connectivity index (χ4n) is 1.57. The van der Waals surface area contributed by atoms with E-state index in [0.717, 1.165) is 19.3 Å². The second-order valence-corrected chi connectivity index (χ2v) is 4.95. The maximum atomic E-state index is 11.7. The Kier molecular flexibility index (Phi) is 7.14. The maximum absolute atomic E-state index is 11.7. The summed E-state index contributed by atoms with van der Waals surface area (Å²) in [5.41, 5.74) is 5.81. The van der Waals surface area contributed by atoms with Gasteiger partial charge in [0.2, 0.25) is 5.91 Å². The van der Waals surface area contributed by atoms with Crippen molar-refractivity contribution in [3.8, 4) is 0 Å². The van der Waals surface area contributed by atoms with E-state index in [1.165, 1.54) is 11.3 Å². The molecule has 0 atom stereocenters. The van der Waals surface area contributed by atoms with Gasteiger partial charge in [0, 0.05) is 6.42 Å². The Balaban J connectivity index is 2.46. The summed E-state index contributed by atoms with van der Waals surface area (Å²) < 4.78 is 4.92. The molecule has 0 saturated carbocycles. The molecule has 0 saturated heterocycles. The molecule has 0 radical (unpaired) electrons. The third-order valence-electron chi connectivity index (χ3n) is 2.52. The van der Waals surface area contributed by atoms with Gasteiger partial charge < -0.3 is 15.8 Å². The van der Waals surface area contributed by atoms with Crippen molar-refractivity contribution in [3.63, 3.8) is 0 Å². The van der Waals surface area contributed by atoms with Crippen molar-refractivity contribution < 1.29 is 14.3 Å². The number of hydrogen-bond acceptors (Lipinski definition) is 5. The molecule has 19 heavy (non-hydrogen) atoms. The molecule has 5 nitrogen and oxygen atoms in total. The van der Waals surface area contributed by atoms with Gasteiger partial charge in [0.25, 0.3) is 0 Å². The van der Waals surface area contributed by atoms with Gasteiger partial charge in [0.1, 0.15) is 5.00 Å². The highest BCUT2D eigenvalue weighted by atomic mass is 32.1. The van der Waals surface area contributed by atoms with E-state index >= 15 is 0 Å². The first-order valence-corrected chi connectivity index (χ1v) is 7.31. The summed E-state index contributed by atoms with van der Waals surface area (Å²) in [6.45, 7) is 2.72. The zero-order chi connectivity index (χ0) is 14.1. The van der Waals surface area contributed by atoms with Gasteiger partial charge in [0.05, 0.1) is 12.2 Å².